The van der Waals surface area contributed by atoms with Crippen LogP contribution in [0.2, 0.25) is 0 Å². The lowest BCUT2D eigenvalue weighted by Gasteiger charge is -2.31. The lowest BCUT2D eigenvalue weighted by Crippen LogP contribution is -2.28. The summed E-state index contributed by atoms with van der Waals surface area (Å²) in [6.45, 7) is 6.86. The molecule has 0 spiro atoms. The van der Waals surface area contributed by atoms with Gasteiger partial charge in [-0.25, -0.2) is 0 Å². The predicted octanol–water partition coefficient (Wildman–Crippen LogP) is 4.98. The van der Waals surface area contributed by atoms with Crippen molar-refractivity contribution in [2.45, 2.75) is 51.5 Å². The molecule has 0 saturated carbocycles. The van der Waals surface area contributed by atoms with Crippen LogP contribution in [0.3, 0.4) is 0 Å². The lowest BCUT2D eigenvalue weighted by molar-refractivity contribution is -0.118. The highest BCUT2D eigenvalue weighted by Gasteiger charge is 2.33. The second-order valence-corrected chi connectivity index (χ2v) is 8.50. The van der Waals surface area contributed by atoms with Crippen molar-refractivity contribution in [2.24, 2.45) is 11.7 Å². The number of nitrogens with zero attached hydrogens (tertiary/aromatic N) is 1. The van der Waals surface area contributed by atoms with E-state index >= 15 is 0 Å². The van der Waals surface area contributed by atoms with Gasteiger partial charge in [0.2, 0.25) is 5.91 Å². The van der Waals surface area contributed by atoms with Gasteiger partial charge < -0.3 is 10.5 Å². The number of hydrogen-bond acceptors (Lipinski definition) is 3. The molecule has 0 aromatic heterocycles. The van der Waals surface area contributed by atoms with Crippen molar-refractivity contribution in [1.29, 1.82) is 0 Å². The van der Waals surface area contributed by atoms with Crippen LogP contribution in [-0.2, 0) is 4.79 Å². The van der Waals surface area contributed by atoms with E-state index in [1.165, 1.54) is 24.8 Å². The Hall–Kier alpha value is -2.33. The van der Waals surface area contributed by atoms with Gasteiger partial charge in [-0.2, -0.15) is 0 Å². The van der Waals surface area contributed by atoms with Crippen molar-refractivity contribution in [3.05, 3.63) is 59.2 Å². The van der Waals surface area contributed by atoms with Crippen molar-refractivity contribution in [3.63, 3.8) is 0 Å². The zero-order valence-electron chi connectivity index (χ0n) is 16.9. The van der Waals surface area contributed by atoms with Gasteiger partial charge in [0.05, 0.1) is 5.92 Å². The maximum Gasteiger partial charge on any atom is 0.229 e. The van der Waals surface area contributed by atoms with Crippen LogP contribution in [0.4, 0.5) is 0 Å². The smallest absolute Gasteiger partial charge is 0.229 e. The molecule has 1 amide bonds. The largest absolute Gasteiger partial charge is 0.457 e. The molecule has 2 aromatic rings. The number of amides is 1. The normalized spacial score (nSPS) is 19.8. The summed E-state index contributed by atoms with van der Waals surface area (Å²) in [6.07, 6.45) is 4.86. The molecule has 2 unspecified atom stereocenters. The van der Waals surface area contributed by atoms with Gasteiger partial charge >= 0.3 is 0 Å². The van der Waals surface area contributed by atoms with E-state index < -0.39 is 5.92 Å². The quantitative estimate of drug-likeness (QED) is 0.771. The molecule has 1 saturated heterocycles. The van der Waals surface area contributed by atoms with Crippen molar-refractivity contribution < 1.29 is 9.53 Å². The van der Waals surface area contributed by atoms with E-state index in [9.17, 15) is 4.79 Å². The molecule has 2 atom stereocenters. The number of ether oxygens (including phenoxy) is 1. The molecule has 4 heteroatoms. The SMILES string of the molecule is CC(C)CCC(c1ccc2c(c1)C(C(N)=O)c1ccccc1O2)N1CCCC1. The molecule has 2 N–H and O–H groups in total. The minimum atomic E-state index is -0.454. The first-order valence-corrected chi connectivity index (χ1v) is 10.5. The van der Waals surface area contributed by atoms with Crippen molar-refractivity contribution in [2.75, 3.05) is 13.1 Å². The first-order chi connectivity index (χ1) is 13.5. The van der Waals surface area contributed by atoms with Gasteiger partial charge in [0.15, 0.2) is 0 Å². The van der Waals surface area contributed by atoms with Gasteiger partial charge in [0, 0.05) is 17.2 Å². The van der Waals surface area contributed by atoms with E-state index in [1.807, 2.05) is 30.3 Å². The van der Waals surface area contributed by atoms with Crippen molar-refractivity contribution in [3.8, 4) is 11.5 Å². The summed E-state index contributed by atoms with van der Waals surface area (Å²) < 4.78 is 6.09. The molecule has 28 heavy (non-hydrogen) atoms. The van der Waals surface area contributed by atoms with Gasteiger partial charge in [-0.1, -0.05) is 38.1 Å². The molecule has 1 fully saturated rings. The summed E-state index contributed by atoms with van der Waals surface area (Å²) in [6, 6.07) is 14.5. The van der Waals surface area contributed by atoms with Crippen LogP contribution in [-0.4, -0.2) is 23.9 Å². The zero-order chi connectivity index (χ0) is 19.7. The van der Waals surface area contributed by atoms with E-state index in [0.29, 0.717) is 12.0 Å². The highest BCUT2D eigenvalue weighted by Crippen LogP contribution is 2.45. The molecule has 0 bridgehead atoms. The molecule has 0 radical (unpaired) electrons. The maximum atomic E-state index is 12.4. The Morgan fingerprint density at radius 1 is 1.07 bits per heavy atom. The van der Waals surface area contributed by atoms with E-state index in [4.69, 9.17) is 10.5 Å². The van der Waals surface area contributed by atoms with Gasteiger partial charge in [-0.05, 0) is 68.5 Å². The number of para-hydroxylation sites is 1. The molecule has 2 aliphatic heterocycles. The Bertz CT molecular complexity index is 855. The van der Waals surface area contributed by atoms with Crippen LogP contribution in [0, 0.1) is 5.92 Å². The fraction of sp³-hybridized carbons (Fsp3) is 0.458. The van der Waals surface area contributed by atoms with Gasteiger partial charge in [-0.15, -0.1) is 0 Å². The fourth-order valence-electron chi connectivity index (χ4n) is 4.60. The van der Waals surface area contributed by atoms with Gasteiger partial charge in [0.25, 0.3) is 0 Å². The number of primary amides is 1. The van der Waals surface area contributed by atoms with E-state index in [2.05, 4.69) is 30.9 Å². The molecular weight excluding hydrogens is 348 g/mol. The van der Waals surface area contributed by atoms with Gasteiger partial charge in [0.1, 0.15) is 11.5 Å². The number of carbonyl (C=O) groups is 1. The number of fused-ring (bicyclic) bond motifs is 2. The highest BCUT2D eigenvalue weighted by molar-refractivity contribution is 5.88. The molecule has 0 aliphatic carbocycles. The summed E-state index contributed by atoms with van der Waals surface area (Å²) in [5.74, 6) is 1.37. The van der Waals surface area contributed by atoms with Gasteiger partial charge in [-0.3, -0.25) is 9.69 Å². The fourth-order valence-corrected chi connectivity index (χ4v) is 4.60. The lowest BCUT2D eigenvalue weighted by atomic mass is 9.85. The molecule has 2 aliphatic rings. The Morgan fingerprint density at radius 3 is 2.50 bits per heavy atom. The van der Waals surface area contributed by atoms with Crippen LogP contribution >= 0.6 is 0 Å². The molecule has 2 heterocycles. The first-order valence-electron chi connectivity index (χ1n) is 10.5. The van der Waals surface area contributed by atoms with Crippen LogP contribution in [0.25, 0.3) is 0 Å². The highest BCUT2D eigenvalue weighted by atomic mass is 16.5. The van der Waals surface area contributed by atoms with E-state index in [-0.39, 0.29) is 5.91 Å². The zero-order valence-corrected chi connectivity index (χ0v) is 16.9. The second kappa shape index (κ2) is 7.96. The minimum absolute atomic E-state index is 0.325. The van der Waals surface area contributed by atoms with Crippen LogP contribution in [0.15, 0.2) is 42.5 Å². The minimum Gasteiger partial charge on any atom is -0.457 e. The Kier molecular flexibility index (Phi) is 5.40. The monoisotopic (exact) mass is 378 g/mol. The maximum absolute atomic E-state index is 12.4. The van der Waals surface area contributed by atoms with Crippen LogP contribution in [0.1, 0.15) is 68.2 Å². The average Bonchev–Trinajstić information content (AvgIpc) is 3.20. The van der Waals surface area contributed by atoms with E-state index in [1.54, 1.807) is 0 Å². The molecule has 4 rings (SSSR count). The number of likely N-dealkylation sites (tertiary alicyclic amines) is 1. The van der Waals surface area contributed by atoms with Crippen molar-refractivity contribution in [1.82, 2.24) is 4.90 Å². The standard InChI is InChI=1S/C24H30N2O2/c1-16(2)9-11-20(26-13-5-6-14-26)17-10-12-22-19(15-17)23(24(25)27)18-7-3-4-8-21(18)28-22/h3-4,7-8,10,12,15-16,20,23H,5-6,9,11,13-14H2,1-2H3,(H2,25,27). The molecule has 4 nitrogen and oxygen atoms in total. The third kappa shape index (κ3) is 3.66. The third-order valence-corrected chi connectivity index (χ3v) is 6.06. The summed E-state index contributed by atoms with van der Waals surface area (Å²) in [5.41, 5.74) is 8.87. The Morgan fingerprint density at radius 2 is 1.79 bits per heavy atom. The Labute approximate surface area is 167 Å². The number of rotatable bonds is 6. The second-order valence-electron chi connectivity index (χ2n) is 8.50. The number of carbonyl (C=O) groups excluding carboxylic acids is 1. The predicted molar refractivity (Wildman–Crippen MR) is 112 cm³/mol. The topological polar surface area (TPSA) is 55.6 Å². The third-order valence-electron chi connectivity index (χ3n) is 6.06. The van der Waals surface area contributed by atoms with Crippen LogP contribution < -0.4 is 10.5 Å². The van der Waals surface area contributed by atoms with Crippen molar-refractivity contribution >= 4 is 5.91 Å². The van der Waals surface area contributed by atoms with E-state index in [0.717, 1.165) is 42.1 Å². The summed E-state index contributed by atoms with van der Waals surface area (Å²) in [4.78, 5) is 15.0. The first kappa shape index (κ1) is 19.0. The Balaban J connectivity index is 1.72. The number of hydrogen-bond donors (Lipinski definition) is 1. The molecular formula is C24H30N2O2. The molecule has 148 valence electrons. The number of nitrogens with two attached hydrogens (primary N) is 1. The summed E-state index contributed by atoms with van der Waals surface area (Å²) >= 11 is 0. The number of benzene rings is 2. The summed E-state index contributed by atoms with van der Waals surface area (Å²) in [5, 5.41) is 0. The molecule has 2 aromatic carbocycles. The van der Waals surface area contributed by atoms with Crippen LogP contribution in [0.5, 0.6) is 11.5 Å². The average molecular weight is 379 g/mol. The summed E-state index contributed by atoms with van der Waals surface area (Å²) in [7, 11) is 0.